The number of ether oxygens (including phenoxy) is 1. The molecule has 1 rings (SSSR count). The lowest BCUT2D eigenvalue weighted by atomic mass is 10.2. The number of hydrogen-bond donors (Lipinski definition) is 0. The molecule has 0 aliphatic carbocycles. The van der Waals surface area contributed by atoms with Gasteiger partial charge in [-0.2, -0.15) is 12.7 Å². The van der Waals surface area contributed by atoms with Crippen LogP contribution in [0, 0.1) is 0 Å². The van der Waals surface area contributed by atoms with Crippen LogP contribution in [-0.2, 0) is 14.9 Å². The lowest BCUT2D eigenvalue weighted by Crippen LogP contribution is -2.38. The topological polar surface area (TPSA) is 66.9 Å². The van der Waals surface area contributed by atoms with Gasteiger partial charge in [-0.15, -0.1) is 0 Å². The summed E-state index contributed by atoms with van der Waals surface area (Å²) in [4.78, 5) is 11.6. The van der Waals surface area contributed by atoms with Crippen LogP contribution < -0.4 is 4.31 Å². The fraction of sp³-hybridized carbons (Fsp3) is 0.364. The van der Waals surface area contributed by atoms with Gasteiger partial charge >= 0.3 is 16.2 Å². The maximum atomic E-state index is 12.0. The molecule has 0 bridgehead atoms. The van der Waals surface area contributed by atoms with Gasteiger partial charge in [-0.1, -0.05) is 12.1 Å². The number of para-hydroxylation sites is 1. The first-order chi connectivity index (χ1) is 8.32. The maximum Gasteiger partial charge on any atom is 0.340 e. The van der Waals surface area contributed by atoms with E-state index in [-0.39, 0.29) is 11.3 Å². The monoisotopic (exact) mass is 272 g/mol. The second-order valence-corrected chi connectivity index (χ2v) is 5.94. The second kappa shape index (κ2) is 5.36. The summed E-state index contributed by atoms with van der Waals surface area (Å²) in [5, 5.41) is 0. The minimum Gasteiger partial charge on any atom is -0.465 e. The third-order valence-corrected chi connectivity index (χ3v) is 4.27. The van der Waals surface area contributed by atoms with Gasteiger partial charge in [0.2, 0.25) is 0 Å². The first-order valence-corrected chi connectivity index (χ1v) is 6.55. The smallest absolute Gasteiger partial charge is 0.340 e. The molecule has 1 aromatic carbocycles. The molecule has 7 heteroatoms. The molecule has 0 radical (unpaired) electrons. The van der Waals surface area contributed by atoms with Gasteiger partial charge in [0.1, 0.15) is 0 Å². The Labute approximate surface area is 107 Å². The number of carbonyl (C=O) groups excluding carboxylic acids is 1. The molecule has 0 aliphatic rings. The zero-order valence-corrected chi connectivity index (χ0v) is 11.6. The minimum atomic E-state index is -3.64. The van der Waals surface area contributed by atoms with Gasteiger partial charge in [0.05, 0.1) is 18.4 Å². The third kappa shape index (κ3) is 2.62. The van der Waals surface area contributed by atoms with E-state index >= 15 is 0 Å². The van der Waals surface area contributed by atoms with E-state index in [1.807, 2.05) is 0 Å². The molecule has 0 saturated heterocycles. The highest BCUT2D eigenvalue weighted by atomic mass is 32.2. The number of hydrogen-bond acceptors (Lipinski definition) is 4. The van der Waals surface area contributed by atoms with E-state index in [2.05, 4.69) is 4.74 Å². The quantitative estimate of drug-likeness (QED) is 0.757. The first-order valence-electron chi connectivity index (χ1n) is 5.16. The van der Waals surface area contributed by atoms with Crippen molar-refractivity contribution in [3.63, 3.8) is 0 Å². The second-order valence-electron chi connectivity index (χ2n) is 3.77. The summed E-state index contributed by atoms with van der Waals surface area (Å²) in [5.41, 5.74) is 0.478. The van der Waals surface area contributed by atoms with Gasteiger partial charge in [0.15, 0.2) is 0 Å². The number of rotatable bonds is 4. The van der Waals surface area contributed by atoms with Crippen LogP contribution in [0.2, 0.25) is 0 Å². The average molecular weight is 272 g/mol. The molecule has 100 valence electrons. The van der Waals surface area contributed by atoms with Crippen molar-refractivity contribution < 1.29 is 17.9 Å². The fourth-order valence-corrected chi connectivity index (χ4v) is 2.30. The van der Waals surface area contributed by atoms with E-state index in [0.717, 1.165) is 8.61 Å². The highest BCUT2D eigenvalue weighted by Crippen LogP contribution is 2.23. The largest absolute Gasteiger partial charge is 0.465 e. The van der Waals surface area contributed by atoms with Gasteiger partial charge in [-0.05, 0) is 12.1 Å². The van der Waals surface area contributed by atoms with Gasteiger partial charge in [-0.3, -0.25) is 4.31 Å². The Balaban J connectivity index is 3.30. The van der Waals surface area contributed by atoms with Crippen molar-refractivity contribution in [2.45, 2.75) is 0 Å². The molecule has 6 nitrogen and oxygen atoms in total. The molecule has 0 unspecified atom stereocenters. The number of carbonyl (C=O) groups is 1. The van der Waals surface area contributed by atoms with E-state index in [4.69, 9.17) is 0 Å². The molecule has 18 heavy (non-hydrogen) atoms. The lowest BCUT2D eigenvalue weighted by molar-refractivity contribution is 0.0601. The first kappa shape index (κ1) is 14.5. The van der Waals surface area contributed by atoms with E-state index in [0.29, 0.717) is 0 Å². The lowest BCUT2D eigenvalue weighted by Gasteiger charge is -2.24. The molecular formula is C11H16N2O4S. The molecule has 0 fully saturated rings. The molecule has 1 aromatic rings. The molecule has 0 N–H and O–H groups in total. The number of nitrogens with zero attached hydrogens (tertiary/aromatic N) is 2. The zero-order valence-electron chi connectivity index (χ0n) is 10.7. The number of methoxy groups -OCH3 is 1. The van der Waals surface area contributed by atoms with Crippen LogP contribution in [0.1, 0.15) is 10.4 Å². The van der Waals surface area contributed by atoms with Crippen molar-refractivity contribution >= 4 is 21.9 Å². The van der Waals surface area contributed by atoms with Crippen LogP contribution >= 0.6 is 0 Å². The fourth-order valence-electron chi connectivity index (χ4n) is 1.40. The van der Waals surface area contributed by atoms with Gasteiger partial charge in [0.25, 0.3) is 0 Å². The van der Waals surface area contributed by atoms with Crippen molar-refractivity contribution in [3.8, 4) is 0 Å². The van der Waals surface area contributed by atoms with Crippen molar-refractivity contribution in [2.24, 2.45) is 0 Å². The predicted octanol–water partition coefficient (Wildman–Crippen LogP) is 0.716. The highest BCUT2D eigenvalue weighted by molar-refractivity contribution is 7.90. The van der Waals surface area contributed by atoms with Crippen LogP contribution in [0.15, 0.2) is 24.3 Å². The van der Waals surface area contributed by atoms with Gasteiger partial charge in [0, 0.05) is 21.1 Å². The average Bonchev–Trinajstić information content (AvgIpc) is 2.36. The van der Waals surface area contributed by atoms with E-state index in [9.17, 15) is 13.2 Å². The standard InChI is InChI=1S/C11H16N2O4S/c1-12(2)18(15,16)13(3)10-8-6-5-7-9(10)11(14)17-4/h5-8H,1-4H3. The molecule has 0 amide bonds. The Hall–Kier alpha value is -1.60. The predicted molar refractivity (Wildman–Crippen MR) is 68.8 cm³/mol. The molecule has 0 saturated carbocycles. The van der Waals surface area contributed by atoms with Crippen molar-refractivity contribution in [1.82, 2.24) is 4.31 Å². The molecule has 0 spiro atoms. The molecule has 0 aliphatic heterocycles. The Bertz CT molecular complexity index is 540. The summed E-state index contributed by atoms with van der Waals surface area (Å²) < 4.78 is 30.7. The summed E-state index contributed by atoms with van der Waals surface area (Å²) in [6.45, 7) is 0. The zero-order chi connectivity index (χ0) is 13.9. The normalized spacial score (nSPS) is 11.4. The summed E-state index contributed by atoms with van der Waals surface area (Å²) >= 11 is 0. The molecule has 0 heterocycles. The number of benzene rings is 1. The van der Waals surface area contributed by atoms with Crippen LogP contribution in [0.3, 0.4) is 0 Å². The Morgan fingerprint density at radius 2 is 1.72 bits per heavy atom. The Morgan fingerprint density at radius 1 is 1.17 bits per heavy atom. The number of esters is 1. The van der Waals surface area contributed by atoms with Crippen LogP contribution in [0.25, 0.3) is 0 Å². The molecule has 0 atom stereocenters. The summed E-state index contributed by atoms with van der Waals surface area (Å²) in [7, 11) is 1.85. The van der Waals surface area contributed by atoms with Crippen LogP contribution in [-0.4, -0.2) is 46.9 Å². The van der Waals surface area contributed by atoms with E-state index in [1.54, 1.807) is 18.2 Å². The van der Waals surface area contributed by atoms with Crippen LogP contribution in [0.4, 0.5) is 5.69 Å². The summed E-state index contributed by atoms with van der Waals surface area (Å²) in [6.07, 6.45) is 0. The number of anilines is 1. The Kier molecular flexibility index (Phi) is 4.31. The van der Waals surface area contributed by atoms with Crippen molar-refractivity contribution in [1.29, 1.82) is 0 Å². The third-order valence-electron chi connectivity index (χ3n) is 2.46. The summed E-state index contributed by atoms with van der Waals surface area (Å²) in [6, 6.07) is 6.37. The molecular weight excluding hydrogens is 256 g/mol. The van der Waals surface area contributed by atoms with Crippen LogP contribution in [0.5, 0.6) is 0 Å². The van der Waals surface area contributed by atoms with E-state index < -0.39 is 16.2 Å². The van der Waals surface area contributed by atoms with Crippen molar-refractivity contribution in [3.05, 3.63) is 29.8 Å². The SMILES string of the molecule is COC(=O)c1ccccc1N(C)S(=O)(=O)N(C)C. The Morgan fingerprint density at radius 3 is 2.22 bits per heavy atom. The van der Waals surface area contributed by atoms with Gasteiger partial charge < -0.3 is 4.74 Å². The van der Waals surface area contributed by atoms with Crippen molar-refractivity contribution in [2.75, 3.05) is 32.6 Å². The molecule has 0 aromatic heterocycles. The van der Waals surface area contributed by atoms with Gasteiger partial charge in [-0.25, -0.2) is 4.79 Å². The minimum absolute atomic E-state index is 0.202. The summed E-state index contributed by atoms with van der Waals surface area (Å²) in [5.74, 6) is -0.577. The highest BCUT2D eigenvalue weighted by Gasteiger charge is 2.24. The maximum absolute atomic E-state index is 12.0. The van der Waals surface area contributed by atoms with E-state index in [1.165, 1.54) is 34.3 Å².